The maximum Gasteiger partial charge on any atom is 0.414 e. The van der Waals surface area contributed by atoms with Crippen LogP contribution in [0.25, 0.3) is 0 Å². The Morgan fingerprint density at radius 3 is 2.21 bits per heavy atom. The van der Waals surface area contributed by atoms with Gasteiger partial charge in [-0.05, 0) is 22.8 Å². The Bertz CT molecular complexity index is 1180. The van der Waals surface area contributed by atoms with Crippen LogP contribution in [-0.4, -0.2) is 39.6 Å². The number of carboxylic acids is 2. The number of para-hydroxylation sites is 1. The second-order valence-electron chi connectivity index (χ2n) is 7.25. The molecule has 1 heterocycles. The Kier molecular flexibility index (Phi) is 7.90. The Labute approximate surface area is 194 Å². The lowest BCUT2D eigenvalue weighted by molar-refractivity contribution is -0.384. The van der Waals surface area contributed by atoms with Crippen molar-refractivity contribution < 1.29 is 24.7 Å². The number of hydrogen-bond donors (Lipinski definition) is 4. The Hall–Kier alpha value is -4.73. The number of fused-ring (bicyclic) bond motifs is 1. The first-order chi connectivity index (χ1) is 16.3. The molecule has 0 saturated carbocycles. The van der Waals surface area contributed by atoms with Gasteiger partial charge in [0.25, 0.3) is 5.69 Å². The van der Waals surface area contributed by atoms with E-state index >= 15 is 0 Å². The number of aliphatic carboxylic acids is 2. The number of nitro groups is 1. The fourth-order valence-corrected chi connectivity index (χ4v) is 3.36. The minimum Gasteiger partial charge on any atom is -0.473 e. The van der Waals surface area contributed by atoms with E-state index in [1.807, 2.05) is 24.3 Å². The molecule has 174 valence electrons. The van der Waals surface area contributed by atoms with E-state index in [1.54, 1.807) is 12.1 Å². The lowest BCUT2D eigenvalue weighted by Gasteiger charge is -2.18. The first kappa shape index (κ1) is 23.9. The number of carboxylic acid groups (broad SMARTS) is 2. The van der Waals surface area contributed by atoms with E-state index in [9.17, 15) is 10.1 Å². The number of rotatable bonds is 4. The second kappa shape index (κ2) is 11.2. The van der Waals surface area contributed by atoms with Crippen molar-refractivity contribution in [1.29, 1.82) is 0 Å². The van der Waals surface area contributed by atoms with Crippen LogP contribution in [0.1, 0.15) is 22.6 Å². The molecule has 1 atom stereocenters. The normalized spacial score (nSPS) is 14.1. The SMILES string of the molecule is O=C(O)C(=O)O.O=[N+]([O-])c1ccc(CNC2=Nc3ccccc3C(c3ccccc3)CN2)cc1. The van der Waals surface area contributed by atoms with E-state index in [0.717, 1.165) is 17.8 Å². The highest BCUT2D eigenvalue weighted by molar-refractivity contribution is 6.27. The summed E-state index contributed by atoms with van der Waals surface area (Å²) < 4.78 is 0. The number of benzene rings is 3. The van der Waals surface area contributed by atoms with Gasteiger partial charge in [-0.3, -0.25) is 10.1 Å². The van der Waals surface area contributed by atoms with E-state index in [4.69, 9.17) is 24.8 Å². The van der Waals surface area contributed by atoms with Crippen LogP contribution in [0.15, 0.2) is 83.9 Å². The average Bonchev–Trinajstić information content (AvgIpc) is 3.03. The van der Waals surface area contributed by atoms with Crippen molar-refractivity contribution in [3.63, 3.8) is 0 Å². The van der Waals surface area contributed by atoms with Crippen LogP contribution < -0.4 is 10.6 Å². The summed E-state index contributed by atoms with van der Waals surface area (Å²) in [5.74, 6) is -2.74. The van der Waals surface area contributed by atoms with Crippen LogP contribution in [0.2, 0.25) is 0 Å². The minimum absolute atomic E-state index is 0.0910. The van der Waals surface area contributed by atoms with Crippen molar-refractivity contribution in [3.8, 4) is 0 Å². The van der Waals surface area contributed by atoms with Crippen molar-refractivity contribution >= 4 is 29.3 Å². The molecule has 1 aliphatic heterocycles. The highest BCUT2D eigenvalue weighted by atomic mass is 16.6. The standard InChI is InChI=1S/C22H20N4O2.C2H2O4/c27-26(28)18-12-10-16(11-13-18)14-23-22-24-15-20(17-6-2-1-3-7-17)19-8-4-5-9-21(19)25-22;3-1(4)2(5)6/h1-13,20H,14-15H2,(H2,23,24,25);(H,3,4)(H,5,6). The van der Waals surface area contributed by atoms with Crippen LogP contribution in [0.4, 0.5) is 11.4 Å². The molecule has 3 aromatic carbocycles. The van der Waals surface area contributed by atoms with E-state index in [0.29, 0.717) is 12.5 Å². The molecule has 4 N–H and O–H groups in total. The molecule has 0 radical (unpaired) electrons. The van der Waals surface area contributed by atoms with Crippen LogP contribution in [-0.2, 0) is 16.1 Å². The number of carbonyl (C=O) groups is 2. The zero-order valence-corrected chi connectivity index (χ0v) is 17.9. The summed E-state index contributed by atoms with van der Waals surface area (Å²) in [4.78, 5) is 33.3. The van der Waals surface area contributed by atoms with Gasteiger partial charge in [-0.1, -0.05) is 60.7 Å². The number of nitro benzene ring substituents is 1. The number of aliphatic imine (C=N–C) groups is 1. The summed E-state index contributed by atoms with van der Waals surface area (Å²) in [6, 6.07) is 25.1. The van der Waals surface area contributed by atoms with Gasteiger partial charge in [0.15, 0.2) is 5.96 Å². The summed E-state index contributed by atoms with van der Waals surface area (Å²) in [6.07, 6.45) is 0. The fourth-order valence-electron chi connectivity index (χ4n) is 3.36. The first-order valence-corrected chi connectivity index (χ1v) is 10.2. The molecule has 1 aliphatic rings. The molecule has 4 rings (SSSR count). The number of nitrogens with zero attached hydrogens (tertiary/aromatic N) is 2. The van der Waals surface area contributed by atoms with Crippen molar-refractivity contribution in [2.24, 2.45) is 4.99 Å². The lowest BCUT2D eigenvalue weighted by Crippen LogP contribution is -2.37. The lowest BCUT2D eigenvalue weighted by atomic mass is 9.90. The Morgan fingerprint density at radius 1 is 0.971 bits per heavy atom. The van der Waals surface area contributed by atoms with Crippen LogP contribution in [0.5, 0.6) is 0 Å². The maximum atomic E-state index is 10.8. The van der Waals surface area contributed by atoms with Gasteiger partial charge < -0.3 is 20.8 Å². The number of hydrogen-bond acceptors (Lipinski definition) is 7. The summed E-state index contributed by atoms with van der Waals surface area (Å²) in [5.41, 5.74) is 4.41. The van der Waals surface area contributed by atoms with E-state index in [2.05, 4.69) is 41.0 Å². The maximum absolute atomic E-state index is 10.8. The molecular formula is C24H22N4O6. The van der Waals surface area contributed by atoms with Gasteiger partial charge >= 0.3 is 11.9 Å². The average molecular weight is 462 g/mol. The monoisotopic (exact) mass is 462 g/mol. The molecule has 3 aromatic rings. The van der Waals surface area contributed by atoms with Gasteiger partial charge in [0.05, 0.1) is 10.6 Å². The number of non-ortho nitro benzene ring substituents is 1. The molecule has 34 heavy (non-hydrogen) atoms. The Balaban J connectivity index is 0.000000481. The van der Waals surface area contributed by atoms with Crippen molar-refractivity contribution in [2.45, 2.75) is 12.5 Å². The molecule has 0 bridgehead atoms. The van der Waals surface area contributed by atoms with Crippen LogP contribution >= 0.6 is 0 Å². The molecule has 0 aliphatic carbocycles. The van der Waals surface area contributed by atoms with Gasteiger partial charge in [0.2, 0.25) is 0 Å². The van der Waals surface area contributed by atoms with Gasteiger partial charge in [0, 0.05) is 31.1 Å². The highest BCUT2D eigenvalue weighted by Crippen LogP contribution is 2.33. The van der Waals surface area contributed by atoms with Gasteiger partial charge in [-0.15, -0.1) is 0 Å². The molecule has 1 unspecified atom stereocenters. The van der Waals surface area contributed by atoms with Gasteiger partial charge in [-0.2, -0.15) is 0 Å². The first-order valence-electron chi connectivity index (χ1n) is 10.2. The second-order valence-corrected chi connectivity index (χ2v) is 7.25. The van der Waals surface area contributed by atoms with Crippen molar-refractivity contribution in [1.82, 2.24) is 10.6 Å². The van der Waals surface area contributed by atoms with Crippen LogP contribution in [0.3, 0.4) is 0 Å². The van der Waals surface area contributed by atoms with Gasteiger partial charge in [0.1, 0.15) is 0 Å². The number of nitrogens with one attached hydrogen (secondary N) is 2. The molecule has 0 fully saturated rings. The molecular weight excluding hydrogens is 440 g/mol. The molecule has 0 spiro atoms. The topological polar surface area (TPSA) is 154 Å². The largest absolute Gasteiger partial charge is 0.473 e. The molecule has 10 nitrogen and oxygen atoms in total. The quantitative estimate of drug-likeness (QED) is 0.262. The third-order valence-electron chi connectivity index (χ3n) is 5.01. The smallest absolute Gasteiger partial charge is 0.414 e. The fraction of sp³-hybridized carbons (Fsp3) is 0.125. The summed E-state index contributed by atoms with van der Waals surface area (Å²) in [5, 5.41) is 32.3. The number of guanidine groups is 1. The minimum atomic E-state index is -1.82. The molecule has 10 heteroatoms. The van der Waals surface area contributed by atoms with Gasteiger partial charge in [-0.25, -0.2) is 14.6 Å². The zero-order valence-electron chi connectivity index (χ0n) is 17.9. The van der Waals surface area contributed by atoms with Crippen molar-refractivity contribution in [3.05, 3.63) is 106 Å². The van der Waals surface area contributed by atoms with Crippen LogP contribution in [0, 0.1) is 10.1 Å². The molecule has 0 aromatic heterocycles. The third kappa shape index (κ3) is 6.39. The zero-order chi connectivity index (χ0) is 24.5. The molecule has 0 saturated heterocycles. The highest BCUT2D eigenvalue weighted by Gasteiger charge is 2.21. The van der Waals surface area contributed by atoms with Crippen molar-refractivity contribution in [2.75, 3.05) is 6.54 Å². The van der Waals surface area contributed by atoms with E-state index in [-0.39, 0.29) is 11.6 Å². The van der Waals surface area contributed by atoms with E-state index < -0.39 is 16.9 Å². The third-order valence-corrected chi connectivity index (χ3v) is 5.01. The summed E-state index contributed by atoms with van der Waals surface area (Å²) >= 11 is 0. The van der Waals surface area contributed by atoms with E-state index in [1.165, 1.54) is 23.3 Å². The molecule has 0 amide bonds. The summed E-state index contributed by atoms with van der Waals surface area (Å²) in [6.45, 7) is 1.26. The predicted octanol–water partition coefficient (Wildman–Crippen LogP) is 3.26. The predicted molar refractivity (Wildman–Crippen MR) is 125 cm³/mol. The Morgan fingerprint density at radius 2 is 1.59 bits per heavy atom. The summed E-state index contributed by atoms with van der Waals surface area (Å²) in [7, 11) is 0.